The van der Waals surface area contributed by atoms with E-state index in [1.54, 1.807) is 0 Å². The van der Waals surface area contributed by atoms with Crippen LogP contribution >= 0.6 is 15.9 Å². The Bertz CT molecular complexity index is 799. The fourth-order valence-electron chi connectivity index (χ4n) is 2.62. The zero-order chi connectivity index (χ0) is 17.2. The molecule has 5 heteroatoms. The van der Waals surface area contributed by atoms with Crippen molar-refractivity contribution in [2.24, 2.45) is 0 Å². The molecule has 0 aliphatic heterocycles. The van der Waals surface area contributed by atoms with Gasteiger partial charge in [0.15, 0.2) is 0 Å². The molecule has 0 saturated carbocycles. The van der Waals surface area contributed by atoms with Crippen molar-refractivity contribution in [3.8, 4) is 0 Å². The SMILES string of the molecule is Cc1cc(C)c([C@@H](C)NS(=O)(=O)Cc2ccc(Br)cc2)cc1C. The predicted molar refractivity (Wildman–Crippen MR) is 99.0 cm³/mol. The molecular weight excluding hydrogens is 374 g/mol. The average molecular weight is 396 g/mol. The third-order valence-electron chi connectivity index (χ3n) is 3.98. The first kappa shape index (κ1) is 18.2. The van der Waals surface area contributed by atoms with E-state index in [1.807, 2.05) is 45.0 Å². The minimum Gasteiger partial charge on any atom is -0.212 e. The van der Waals surface area contributed by atoms with Crippen LogP contribution in [0, 0.1) is 20.8 Å². The molecule has 0 unspecified atom stereocenters. The van der Waals surface area contributed by atoms with Crippen LogP contribution in [0.3, 0.4) is 0 Å². The quantitative estimate of drug-likeness (QED) is 0.806. The predicted octanol–water partition coefficient (Wildman–Crippen LogP) is 4.55. The Balaban J connectivity index is 2.16. The molecular formula is C18H22BrNO2S. The van der Waals surface area contributed by atoms with Crippen LogP contribution in [0.15, 0.2) is 40.9 Å². The van der Waals surface area contributed by atoms with Gasteiger partial charge in [-0.1, -0.05) is 40.2 Å². The van der Waals surface area contributed by atoms with Gasteiger partial charge in [0.1, 0.15) is 0 Å². The second-order valence-corrected chi connectivity index (χ2v) is 8.69. The number of hydrogen-bond acceptors (Lipinski definition) is 2. The summed E-state index contributed by atoms with van der Waals surface area (Å²) in [5.41, 5.74) is 5.28. The van der Waals surface area contributed by atoms with Crippen LogP contribution in [-0.4, -0.2) is 8.42 Å². The Morgan fingerprint density at radius 3 is 2.17 bits per heavy atom. The summed E-state index contributed by atoms with van der Waals surface area (Å²) in [5.74, 6) is -0.0193. The second-order valence-electron chi connectivity index (χ2n) is 6.02. The summed E-state index contributed by atoms with van der Waals surface area (Å²) in [5, 5.41) is 0. The molecule has 124 valence electrons. The molecule has 0 heterocycles. The number of sulfonamides is 1. The molecule has 2 aromatic rings. The third-order valence-corrected chi connectivity index (χ3v) is 5.93. The van der Waals surface area contributed by atoms with Gasteiger partial charge >= 0.3 is 0 Å². The molecule has 2 rings (SSSR count). The molecule has 0 fully saturated rings. The van der Waals surface area contributed by atoms with E-state index in [9.17, 15) is 8.42 Å². The van der Waals surface area contributed by atoms with Crippen molar-refractivity contribution in [3.63, 3.8) is 0 Å². The summed E-state index contributed by atoms with van der Waals surface area (Å²) in [6, 6.07) is 11.2. The van der Waals surface area contributed by atoms with Gasteiger partial charge < -0.3 is 0 Å². The smallest absolute Gasteiger partial charge is 0.212 e. The van der Waals surface area contributed by atoms with E-state index in [1.165, 1.54) is 11.1 Å². The minimum absolute atomic E-state index is 0.0193. The van der Waals surface area contributed by atoms with E-state index in [4.69, 9.17) is 0 Å². The number of rotatable bonds is 5. The highest BCUT2D eigenvalue weighted by Gasteiger charge is 2.18. The van der Waals surface area contributed by atoms with Gasteiger partial charge in [0.25, 0.3) is 0 Å². The lowest BCUT2D eigenvalue weighted by Gasteiger charge is -2.18. The van der Waals surface area contributed by atoms with Gasteiger partial charge in [0.2, 0.25) is 10.0 Å². The van der Waals surface area contributed by atoms with Crippen molar-refractivity contribution >= 4 is 26.0 Å². The molecule has 0 aliphatic rings. The van der Waals surface area contributed by atoms with Gasteiger partial charge in [-0.3, -0.25) is 0 Å². The average Bonchev–Trinajstić information content (AvgIpc) is 2.44. The Morgan fingerprint density at radius 2 is 1.57 bits per heavy atom. The molecule has 1 atom stereocenters. The topological polar surface area (TPSA) is 46.2 Å². The second kappa shape index (κ2) is 7.16. The molecule has 23 heavy (non-hydrogen) atoms. The molecule has 0 aromatic heterocycles. The van der Waals surface area contributed by atoms with E-state index < -0.39 is 10.0 Å². The number of halogens is 1. The van der Waals surface area contributed by atoms with Crippen LogP contribution in [0.1, 0.15) is 40.8 Å². The monoisotopic (exact) mass is 395 g/mol. The molecule has 0 aliphatic carbocycles. The normalized spacial score (nSPS) is 13.1. The first-order valence-electron chi connectivity index (χ1n) is 7.50. The van der Waals surface area contributed by atoms with E-state index in [0.29, 0.717) is 0 Å². The van der Waals surface area contributed by atoms with Crippen molar-refractivity contribution in [3.05, 3.63) is 68.7 Å². The van der Waals surface area contributed by atoms with Crippen LogP contribution in [-0.2, 0) is 15.8 Å². The van der Waals surface area contributed by atoms with E-state index in [0.717, 1.165) is 21.2 Å². The lowest BCUT2D eigenvalue weighted by Crippen LogP contribution is -2.28. The largest absolute Gasteiger partial charge is 0.216 e. The lowest BCUT2D eigenvalue weighted by molar-refractivity contribution is 0.565. The maximum atomic E-state index is 12.4. The van der Waals surface area contributed by atoms with Crippen LogP contribution < -0.4 is 4.72 Å². The van der Waals surface area contributed by atoms with Gasteiger partial charge in [0, 0.05) is 10.5 Å². The first-order chi connectivity index (χ1) is 10.7. The molecule has 3 nitrogen and oxygen atoms in total. The molecule has 0 saturated heterocycles. The number of hydrogen-bond donors (Lipinski definition) is 1. The Morgan fingerprint density at radius 1 is 1.00 bits per heavy atom. The zero-order valence-corrected chi connectivity index (χ0v) is 16.3. The molecule has 0 bridgehead atoms. The van der Waals surface area contributed by atoms with Crippen molar-refractivity contribution in [2.75, 3.05) is 0 Å². The van der Waals surface area contributed by atoms with E-state index in [2.05, 4.69) is 39.7 Å². The van der Waals surface area contributed by atoms with Crippen LogP contribution in [0.2, 0.25) is 0 Å². The molecule has 1 N–H and O–H groups in total. The minimum atomic E-state index is -3.40. The van der Waals surface area contributed by atoms with Gasteiger partial charge in [0.05, 0.1) is 5.75 Å². The van der Waals surface area contributed by atoms with Gasteiger partial charge in [-0.05, 0) is 67.6 Å². The summed E-state index contributed by atoms with van der Waals surface area (Å²) >= 11 is 3.35. The summed E-state index contributed by atoms with van der Waals surface area (Å²) in [6.45, 7) is 8.01. The van der Waals surface area contributed by atoms with Gasteiger partial charge in [-0.25, -0.2) is 13.1 Å². The highest BCUT2D eigenvalue weighted by molar-refractivity contribution is 9.10. The Hall–Kier alpha value is -1.17. The molecule has 0 amide bonds. The van der Waals surface area contributed by atoms with E-state index >= 15 is 0 Å². The highest BCUT2D eigenvalue weighted by atomic mass is 79.9. The van der Waals surface area contributed by atoms with Crippen molar-refractivity contribution < 1.29 is 8.42 Å². The third kappa shape index (κ3) is 4.90. The van der Waals surface area contributed by atoms with Gasteiger partial charge in [-0.15, -0.1) is 0 Å². The fraction of sp³-hybridized carbons (Fsp3) is 0.333. The van der Waals surface area contributed by atoms with Gasteiger partial charge in [-0.2, -0.15) is 0 Å². The summed E-state index contributed by atoms with van der Waals surface area (Å²) < 4.78 is 28.5. The molecule has 2 aromatic carbocycles. The maximum Gasteiger partial charge on any atom is 0.216 e. The first-order valence-corrected chi connectivity index (χ1v) is 9.94. The highest BCUT2D eigenvalue weighted by Crippen LogP contribution is 2.23. The standard InChI is InChI=1S/C18H22BrNO2S/c1-12-9-14(3)18(10-13(12)2)15(4)20-23(21,22)11-16-5-7-17(19)8-6-16/h5-10,15,20H,11H2,1-4H3/t15-/m1/s1. The maximum absolute atomic E-state index is 12.4. The number of benzene rings is 2. The Kier molecular flexibility index (Phi) is 5.65. The van der Waals surface area contributed by atoms with Crippen molar-refractivity contribution in [1.29, 1.82) is 0 Å². The van der Waals surface area contributed by atoms with Crippen LogP contribution in [0.25, 0.3) is 0 Å². The number of nitrogens with one attached hydrogen (secondary N) is 1. The Labute approximate surface area is 147 Å². The molecule has 0 radical (unpaired) electrons. The molecule has 0 spiro atoms. The van der Waals surface area contributed by atoms with Crippen molar-refractivity contribution in [1.82, 2.24) is 4.72 Å². The van der Waals surface area contributed by atoms with Crippen LogP contribution in [0.5, 0.6) is 0 Å². The summed E-state index contributed by atoms with van der Waals surface area (Å²) in [6.07, 6.45) is 0. The zero-order valence-electron chi connectivity index (χ0n) is 13.9. The number of aryl methyl sites for hydroxylation is 3. The fourth-order valence-corrected chi connectivity index (χ4v) is 4.27. The van der Waals surface area contributed by atoms with Crippen molar-refractivity contribution in [2.45, 2.75) is 39.5 Å². The lowest BCUT2D eigenvalue weighted by atomic mass is 9.97. The summed E-state index contributed by atoms with van der Waals surface area (Å²) in [7, 11) is -3.40. The summed E-state index contributed by atoms with van der Waals surface area (Å²) in [4.78, 5) is 0. The van der Waals surface area contributed by atoms with Crippen LogP contribution in [0.4, 0.5) is 0 Å². The van der Waals surface area contributed by atoms with E-state index in [-0.39, 0.29) is 11.8 Å².